The minimum absolute atomic E-state index is 0.0922. The molecule has 28 heavy (non-hydrogen) atoms. The van der Waals surface area contributed by atoms with E-state index in [-0.39, 0.29) is 11.1 Å². The predicted molar refractivity (Wildman–Crippen MR) is 114 cm³/mol. The van der Waals surface area contributed by atoms with Crippen molar-refractivity contribution >= 4 is 11.3 Å². The summed E-state index contributed by atoms with van der Waals surface area (Å²) in [5, 5.41) is 21.1. The zero-order valence-corrected chi connectivity index (χ0v) is 17.7. The average molecular weight is 379 g/mol. The van der Waals surface area contributed by atoms with Gasteiger partial charge in [0.25, 0.3) is 0 Å². The molecule has 0 bridgehead atoms. The quantitative estimate of drug-likeness (QED) is 0.717. The van der Waals surface area contributed by atoms with Gasteiger partial charge in [0, 0.05) is 23.3 Å². The van der Waals surface area contributed by atoms with E-state index in [9.17, 15) is 0 Å². The summed E-state index contributed by atoms with van der Waals surface area (Å²) in [6.07, 6.45) is 4.06. The van der Waals surface area contributed by atoms with Gasteiger partial charge < -0.3 is 10.6 Å². The second-order valence-electron chi connectivity index (χ2n) is 9.39. The molecule has 0 radical (unpaired) electrons. The first kappa shape index (κ1) is 18.9. The molecular weight excluding hydrogens is 348 g/mol. The predicted octanol–water partition coefficient (Wildman–Crippen LogP) is 4.13. The topological polar surface area (TPSA) is 67.1 Å². The lowest BCUT2D eigenvalue weighted by Crippen LogP contribution is -2.60. The number of anilines is 1. The molecule has 0 saturated carbocycles. The molecule has 0 aromatic carbocycles. The average Bonchev–Trinajstić information content (AvgIpc) is 2.89. The van der Waals surface area contributed by atoms with Gasteiger partial charge in [-0.2, -0.15) is 5.10 Å². The molecule has 148 valence electrons. The van der Waals surface area contributed by atoms with Crippen LogP contribution in [0.5, 0.6) is 0 Å². The van der Waals surface area contributed by atoms with Gasteiger partial charge in [0.15, 0.2) is 5.82 Å². The van der Waals surface area contributed by atoms with Crippen molar-refractivity contribution in [3.05, 3.63) is 41.7 Å². The molecule has 4 rings (SSSR count). The molecule has 0 spiro atoms. The summed E-state index contributed by atoms with van der Waals surface area (Å²) in [7, 11) is 0. The van der Waals surface area contributed by atoms with Crippen LogP contribution >= 0.6 is 0 Å². The van der Waals surface area contributed by atoms with E-state index >= 15 is 0 Å². The van der Waals surface area contributed by atoms with Crippen LogP contribution in [-0.4, -0.2) is 36.9 Å². The summed E-state index contributed by atoms with van der Waals surface area (Å²) in [6, 6.07) is 8.55. The lowest BCUT2D eigenvalue weighted by Gasteiger charge is -2.46. The van der Waals surface area contributed by atoms with Crippen LogP contribution < -0.4 is 10.6 Å². The van der Waals surface area contributed by atoms with E-state index in [4.69, 9.17) is 0 Å². The Bertz CT molecular complexity index is 1000. The van der Waals surface area contributed by atoms with Crippen LogP contribution in [0.4, 0.5) is 5.82 Å². The molecule has 3 aromatic heterocycles. The number of nitrogens with one attached hydrogen (secondary N) is 2. The Kier molecular flexibility index (Phi) is 4.42. The normalized spacial score (nSPS) is 19.1. The van der Waals surface area contributed by atoms with E-state index in [0.717, 1.165) is 46.7 Å². The molecule has 0 atom stereocenters. The monoisotopic (exact) mass is 378 g/mol. The van der Waals surface area contributed by atoms with Crippen molar-refractivity contribution in [2.24, 2.45) is 0 Å². The van der Waals surface area contributed by atoms with Crippen LogP contribution in [0.15, 0.2) is 30.5 Å². The first-order valence-corrected chi connectivity index (χ1v) is 9.98. The first-order valence-electron chi connectivity index (χ1n) is 9.98. The molecule has 2 N–H and O–H groups in total. The van der Waals surface area contributed by atoms with Crippen molar-refractivity contribution in [3.63, 3.8) is 0 Å². The zero-order chi connectivity index (χ0) is 20.1. The van der Waals surface area contributed by atoms with E-state index in [2.05, 4.69) is 72.7 Å². The summed E-state index contributed by atoms with van der Waals surface area (Å²) < 4.78 is 1.90. The second-order valence-corrected chi connectivity index (χ2v) is 9.39. The lowest BCUT2D eigenvalue weighted by atomic mass is 9.79. The largest absolute Gasteiger partial charge is 0.365 e. The number of aryl methyl sites for hydroxylation is 2. The molecule has 6 heteroatoms. The van der Waals surface area contributed by atoms with Gasteiger partial charge in [-0.05, 0) is 78.1 Å². The summed E-state index contributed by atoms with van der Waals surface area (Å²) in [5.74, 6) is 0.872. The van der Waals surface area contributed by atoms with Gasteiger partial charge >= 0.3 is 0 Å². The highest BCUT2D eigenvalue weighted by Crippen LogP contribution is 2.32. The van der Waals surface area contributed by atoms with Crippen molar-refractivity contribution in [2.75, 3.05) is 5.32 Å². The summed E-state index contributed by atoms with van der Waals surface area (Å²) >= 11 is 0. The van der Waals surface area contributed by atoms with Gasteiger partial charge in [-0.3, -0.25) is 0 Å². The van der Waals surface area contributed by atoms with Crippen LogP contribution in [0.2, 0.25) is 0 Å². The third-order valence-electron chi connectivity index (χ3n) is 5.49. The minimum atomic E-state index is 0.0922. The van der Waals surface area contributed by atoms with Crippen molar-refractivity contribution < 1.29 is 0 Å². The van der Waals surface area contributed by atoms with E-state index in [1.165, 1.54) is 0 Å². The summed E-state index contributed by atoms with van der Waals surface area (Å²) in [5.41, 5.74) is 5.22. The van der Waals surface area contributed by atoms with Crippen LogP contribution in [0.3, 0.4) is 0 Å². The smallest absolute Gasteiger partial charge is 0.151 e. The van der Waals surface area contributed by atoms with Crippen molar-refractivity contribution in [1.82, 2.24) is 25.1 Å². The van der Waals surface area contributed by atoms with E-state index in [1.807, 2.05) is 29.8 Å². The molecule has 0 amide bonds. The van der Waals surface area contributed by atoms with Gasteiger partial charge in [-0.25, -0.2) is 4.52 Å². The maximum atomic E-state index is 4.59. The van der Waals surface area contributed by atoms with Crippen LogP contribution in [-0.2, 0) is 0 Å². The van der Waals surface area contributed by atoms with Crippen LogP contribution in [0.1, 0.15) is 51.8 Å². The molecule has 0 aliphatic carbocycles. The Balaban J connectivity index is 1.63. The van der Waals surface area contributed by atoms with Gasteiger partial charge in [-0.15, -0.1) is 10.2 Å². The Morgan fingerprint density at radius 2 is 1.79 bits per heavy atom. The van der Waals surface area contributed by atoms with Gasteiger partial charge in [0.1, 0.15) is 0 Å². The number of hydrogen-bond acceptors (Lipinski definition) is 5. The number of rotatable bonds is 3. The molecule has 1 aliphatic heterocycles. The van der Waals surface area contributed by atoms with Gasteiger partial charge in [-0.1, -0.05) is 6.07 Å². The van der Waals surface area contributed by atoms with E-state index in [0.29, 0.717) is 6.04 Å². The van der Waals surface area contributed by atoms with Crippen molar-refractivity contribution in [3.8, 4) is 11.3 Å². The highest BCUT2D eigenvalue weighted by molar-refractivity contribution is 5.80. The van der Waals surface area contributed by atoms with E-state index < -0.39 is 0 Å². The van der Waals surface area contributed by atoms with Crippen LogP contribution in [0.25, 0.3) is 16.8 Å². The molecule has 0 unspecified atom stereocenters. The molecular formula is C22H30N6. The fraction of sp³-hybridized carbons (Fsp3) is 0.500. The first-order chi connectivity index (χ1) is 13.1. The Morgan fingerprint density at radius 1 is 1.07 bits per heavy atom. The third kappa shape index (κ3) is 3.61. The second kappa shape index (κ2) is 6.55. The SMILES string of the molecule is Cc1cc(-c2c(C)nn3ccccc23)nnc1NC1CC(C)(C)NC(C)(C)C1. The maximum Gasteiger partial charge on any atom is 0.151 e. The molecule has 1 saturated heterocycles. The molecule has 1 aliphatic rings. The highest BCUT2D eigenvalue weighted by atomic mass is 15.2. The van der Waals surface area contributed by atoms with Gasteiger partial charge in [0.05, 0.1) is 22.5 Å². The van der Waals surface area contributed by atoms with Crippen LogP contribution in [0, 0.1) is 13.8 Å². The Labute approximate surface area is 166 Å². The molecule has 3 aromatic rings. The Hall–Kier alpha value is -2.47. The number of piperidine rings is 1. The standard InChI is InChI=1S/C22H30N6/c1-14-11-17(19-15(2)26-28-10-8-7-9-18(19)28)24-25-20(14)23-16-12-21(3,4)27-22(5,6)13-16/h7-11,16,27H,12-13H2,1-6H3,(H,23,25). The lowest BCUT2D eigenvalue weighted by molar-refractivity contribution is 0.170. The summed E-state index contributed by atoms with van der Waals surface area (Å²) in [4.78, 5) is 0. The van der Waals surface area contributed by atoms with Gasteiger partial charge in [0.2, 0.25) is 0 Å². The summed E-state index contributed by atoms with van der Waals surface area (Å²) in [6.45, 7) is 13.2. The number of hydrogen-bond donors (Lipinski definition) is 2. The number of pyridine rings is 1. The fourth-order valence-electron chi connectivity index (χ4n) is 4.80. The fourth-order valence-corrected chi connectivity index (χ4v) is 4.80. The number of nitrogens with zero attached hydrogens (tertiary/aromatic N) is 4. The number of aromatic nitrogens is 4. The maximum absolute atomic E-state index is 4.59. The minimum Gasteiger partial charge on any atom is -0.365 e. The third-order valence-corrected chi connectivity index (χ3v) is 5.49. The van der Waals surface area contributed by atoms with E-state index in [1.54, 1.807) is 0 Å². The van der Waals surface area contributed by atoms with Crippen molar-refractivity contribution in [1.29, 1.82) is 0 Å². The van der Waals surface area contributed by atoms with Crippen molar-refractivity contribution in [2.45, 2.75) is 71.5 Å². The molecule has 1 fully saturated rings. The highest BCUT2D eigenvalue weighted by Gasteiger charge is 2.37. The molecule has 6 nitrogen and oxygen atoms in total. The Morgan fingerprint density at radius 3 is 2.46 bits per heavy atom. The molecule has 4 heterocycles. The number of fused-ring (bicyclic) bond motifs is 1. The zero-order valence-electron chi connectivity index (χ0n) is 17.7.